The number of aromatic nitrogens is 1. The first-order valence-electron chi connectivity index (χ1n) is 8.26. The number of halogens is 1. The summed E-state index contributed by atoms with van der Waals surface area (Å²) in [5.41, 5.74) is 3.22. The Morgan fingerprint density at radius 2 is 1.92 bits per heavy atom. The molecular weight excluding hydrogens is 398 g/mol. The summed E-state index contributed by atoms with van der Waals surface area (Å²) in [6, 6.07) is 11.1. The number of nitrogens with zero attached hydrogens (tertiary/aromatic N) is 1. The number of phenolic OH excluding ortho intramolecular Hbond substituents is 1. The molecule has 0 fully saturated rings. The highest BCUT2D eigenvalue weighted by Gasteiger charge is 2.23. The van der Waals surface area contributed by atoms with Gasteiger partial charge in [0.05, 0.1) is 29.3 Å². The number of esters is 1. The van der Waals surface area contributed by atoms with Crippen LogP contribution in [0.2, 0.25) is 0 Å². The van der Waals surface area contributed by atoms with Crippen LogP contribution in [0.25, 0.3) is 10.9 Å². The molecule has 136 valence electrons. The summed E-state index contributed by atoms with van der Waals surface area (Å²) in [5, 5.41) is 10.8. The number of aromatic hydroxyl groups is 1. The van der Waals surface area contributed by atoms with Gasteiger partial charge >= 0.3 is 5.97 Å². The lowest BCUT2D eigenvalue weighted by Gasteiger charge is -2.09. The number of hydrogen-bond donors (Lipinski definition) is 1. The van der Waals surface area contributed by atoms with E-state index >= 15 is 0 Å². The molecule has 2 aromatic carbocycles. The second-order valence-corrected chi connectivity index (χ2v) is 6.80. The first-order valence-corrected chi connectivity index (χ1v) is 9.05. The van der Waals surface area contributed by atoms with Gasteiger partial charge in [0.15, 0.2) is 0 Å². The van der Waals surface area contributed by atoms with E-state index in [1.807, 2.05) is 41.9 Å². The van der Waals surface area contributed by atoms with Crippen LogP contribution < -0.4 is 4.74 Å². The van der Waals surface area contributed by atoms with E-state index in [9.17, 15) is 9.90 Å². The Morgan fingerprint density at radius 3 is 2.54 bits per heavy atom. The minimum Gasteiger partial charge on any atom is -0.507 e. The molecule has 3 rings (SSSR count). The molecule has 0 spiro atoms. The van der Waals surface area contributed by atoms with Crippen molar-refractivity contribution in [2.24, 2.45) is 7.05 Å². The number of carbonyl (C=O) groups excluding carboxylic acids is 1. The van der Waals surface area contributed by atoms with Gasteiger partial charge in [0.2, 0.25) is 0 Å². The molecule has 26 heavy (non-hydrogen) atoms. The summed E-state index contributed by atoms with van der Waals surface area (Å²) < 4.78 is 13.0. The van der Waals surface area contributed by atoms with Crippen LogP contribution in [0.4, 0.5) is 0 Å². The number of aryl methyl sites for hydroxylation is 1. The average molecular weight is 418 g/mol. The Morgan fingerprint density at radius 1 is 1.23 bits per heavy atom. The second kappa shape index (κ2) is 7.41. The first-order chi connectivity index (χ1) is 12.5. The van der Waals surface area contributed by atoms with Crippen LogP contribution in [0.5, 0.6) is 11.5 Å². The van der Waals surface area contributed by atoms with Gasteiger partial charge in [-0.15, -0.1) is 0 Å². The molecule has 1 heterocycles. The fourth-order valence-electron chi connectivity index (χ4n) is 3.07. The van der Waals surface area contributed by atoms with Crippen LogP contribution in [0.3, 0.4) is 0 Å². The number of rotatable bonds is 5. The highest BCUT2D eigenvalue weighted by molar-refractivity contribution is 9.10. The normalized spacial score (nSPS) is 10.9. The van der Waals surface area contributed by atoms with E-state index in [4.69, 9.17) is 9.47 Å². The highest BCUT2D eigenvalue weighted by Crippen LogP contribution is 2.35. The maximum absolute atomic E-state index is 12.6. The molecule has 0 saturated carbocycles. The fraction of sp³-hybridized carbons (Fsp3) is 0.250. The van der Waals surface area contributed by atoms with E-state index in [0.717, 1.165) is 22.5 Å². The molecule has 5 nitrogen and oxygen atoms in total. The van der Waals surface area contributed by atoms with E-state index in [2.05, 4.69) is 15.9 Å². The molecule has 0 bridgehead atoms. The summed E-state index contributed by atoms with van der Waals surface area (Å²) in [5.74, 6) is 0.484. The molecule has 0 radical (unpaired) electrons. The SMILES string of the molecule is CCOC(=O)c1c(Cc2ccc(OC)cc2)n(C)c2cc(Br)c(O)cc12. The standard InChI is InChI=1S/C20H20BrNO4/c1-4-26-20(24)19-14-10-18(23)15(21)11-16(14)22(2)17(19)9-12-5-7-13(25-3)8-6-12/h5-8,10-11,23H,4,9H2,1-3H3. The van der Waals surface area contributed by atoms with Crippen molar-refractivity contribution in [3.8, 4) is 11.5 Å². The number of fused-ring (bicyclic) bond motifs is 1. The number of phenols is 1. The van der Waals surface area contributed by atoms with E-state index in [1.54, 1.807) is 20.1 Å². The number of benzene rings is 2. The van der Waals surface area contributed by atoms with Crippen molar-refractivity contribution >= 4 is 32.8 Å². The predicted molar refractivity (Wildman–Crippen MR) is 104 cm³/mol. The van der Waals surface area contributed by atoms with Gasteiger partial charge < -0.3 is 19.1 Å². The van der Waals surface area contributed by atoms with Crippen LogP contribution in [-0.4, -0.2) is 29.4 Å². The van der Waals surface area contributed by atoms with Crippen LogP contribution in [-0.2, 0) is 18.2 Å². The molecule has 0 aliphatic carbocycles. The van der Waals surface area contributed by atoms with Gasteiger partial charge in [-0.2, -0.15) is 0 Å². The zero-order valence-corrected chi connectivity index (χ0v) is 16.5. The summed E-state index contributed by atoms with van der Waals surface area (Å²) in [6.45, 7) is 2.07. The lowest BCUT2D eigenvalue weighted by atomic mass is 10.0. The maximum atomic E-state index is 12.6. The zero-order valence-electron chi connectivity index (χ0n) is 14.9. The molecule has 1 aromatic heterocycles. The van der Waals surface area contributed by atoms with Gasteiger partial charge in [-0.05, 0) is 52.7 Å². The van der Waals surface area contributed by atoms with Crippen molar-refractivity contribution in [2.45, 2.75) is 13.3 Å². The van der Waals surface area contributed by atoms with Crippen molar-refractivity contribution in [3.05, 3.63) is 57.7 Å². The molecule has 0 aliphatic heterocycles. The van der Waals surface area contributed by atoms with Gasteiger partial charge in [-0.1, -0.05) is 12.1 Å². The van der Waals surface area contributed by atoms with Crippen LogP contribution in [0.15, 0.2) is 40.9 Å². The fourth-order valence-corrected chi connectivity index (χ4v) is 3.40. The van der Waals surface area contributed by atoms with Crippen molar-refractivity contribution in [1.82, 2.24) is 4.57 Å². The largest absolute Gasteiger partial charge is 0.507 e. The zero-order chi connectivity index (χ0) is 18.8. The van der Waals surface area contributed by atoms with Crippen molar-refractivity contribution in [1.29, 1.82) is 0 Å². The topological polar surface area (TPSA) is 60.7 Å². The van der Waals surface area contributed by atoms with Crippen molar-refractivity contribution < 1.29 is 19.4 Å². The van der Waals surface area contributed by atoms with Crippen molar-refractivity contribution in [2.75, 3.05) is 13.7 Å². The van der Waals surface area contributed by atoms with Crippen LogP contribution >= 0.6 is 15.9 Å². The lowest BCUT2D eigenvalue weighted by Crippen LogP contribution is -2.09. The highest BCUT2D eigenvalue weighted by atomic mass is 79.9. The van der Waals surface area contributed by atoms with Crippen LogP contribution in [0, 0.1) is 0 Å². The number of methoxy groups -OCH3 is 1. The lowest BCUT2D eigenvalue weighted by molar-refractivity contribution is 0.0527. The molecule has 0 atom stereocenters. The van der Waals surface area contributed by atoms with Gasteiger partial charge in [-0.25, -0.2) is 4.79 Å². The molecule has 3 aromatic rings. The molecule has 0 amide bonds. The van der Waals surface area contributed by atoms with E-state index in [-0.39, 0.29) is 11.7 Å². The maximum Gasteiger partial charge on any atom is 0.340 e. The smallest absolute Gasteiger partial charge is 0.340 e. The van der Waals surface area contributed by atoms with Gasteiger partial charge in [0.25, 0.3) is 0 Å². The van der Waals surface area contributed by atoms with Gasteiger partial charge in [0.1, 0.15) is 11.5 Å². The van der Waals surface area contributed by atoms with Crippen LogP contribution in [0.1, 0.15) is 28.5 Å². The summed E-state index contributed by atoms with van der Waals surface area (Å²) in [4.78, 5) is 12.6. The Bertz CT molecular complexity index is 960. The van der Waals surface area contributed by atoms with E-state index in [1.165, 1.54) is 0 Å². The summed E-state index contributed by atoms with van der Waals surface area (Å²) in [7, 11) is 3.54. The number of ether oxygens (including phenoxy) is 2. The quantitative estimate of drug-likeness (QED) is 0.624. The third-order valence-corrected chi connectivity index (χ3v) is 5.03. The molecular formula is C20H20BrNO4. The van der Waals surface area contributed by atoms with Gasteiger partial charge in [0, 0.05) is 24.5 Å². The minimum atomic E-state index is -0.386. The Hall–Kier alpha value is -2.47. The van der Waals surface area contributed by atoms with E-state index in [0.29, 0.717) is 28.5 Å². The summed E-state index contributed by atoms with van der Waals surface area (Å²) >= 11 is 3.34. The number of hydrogen-bond acceptors (Lipinski definition) is 4. The van der Waals surface area contributed by atoms with E-state index < -0.39 is 0 Å². The molecule has 6 heteroatoms. The Labute approximate surface area is 160 Å². The monoisotopic (exact) mass is 417 g/mol. The Kier molecular flexibility index (Phi) is 5.23. The average Bonchev–Trinajstić information content (AvgIpc) is 2.88. The van der Waals surface area contributed by atoms with Gasteiger partial charge in [-0.3, -0.25) is 0 Å². The minimum absolute atomic E-state index is 0.0876. The first kappa shape index (κ1) is 18.3. The second-order valence-electron chi connectivity index (χ2n) is 5.95. The van der Waals surface area contributed by atoms with Crippen molar-refractivity contribution in [3.63, 3.8) is 0 Å². The molecule has 0 aliphatic rings. The number of carbonyl (C=O) groups is 1. The third kappa shape index (κ3) is 3.29. The summed E-state index contributed by atoms with van der Waals surface area (Å²) in [6.07, 6.45) is 0.557. The molecule has 0 unspecified atom stereocenters. The molecule has 1 N–H and O–H groups in total. The Balaban J connectivity index is 2.16. The molecule has 0 saturated heterocycles. The third-order valence-electron chi connectivity index (χ3n) is 4.40. The predicted octanol–water partition coefficient (Wildman–Crippen LogP) is 4.42.